The van der Waals surface area contributed by atoms with Crippen molar-refractivity contribution in [2.75, 3.05) is 13.1 Å². The van der Waals surface area contributed by atoms with Gasteiger partial charge in [-0.2, -0.15) is 0 Å². The minimum absolute atomic E-state index is 0.0286. The van der Waals surface area contributed by atoms with Gasteiger partial charge in [0, 0.05) is 37.5 Å². The van der Waals surface area contributed by atoms with Crippen LogP contribution in [0.5, 0.6) is 5.75 Å². The average molecular weight is 329 g/mol. The minimum atomic E-state index is -0.402. The van der Waals surface area contributed by atoms with Gasteiger partial charge in [-0.15, -0.1) is 0 Å². The fourth-order valence-electron chi connectivity index (χ4n) is 3.04. The van der Waals surface area contributed by atoms with Gasteiger partial charge in [-0.25, -0.2) is 0 Å². The van der Waals surface area contributed by atoms with Crippen LogP contribution in [-0.2, 0) is 4.79 Å². The van der Waals surface area contributed by atoms with Gasteiger partial charge < -0.3 is 20.4 Å². The summed E-state index contributed by atoms with van der Waals surface area (Å²) in [6.07, 6.45) is 3.94. The molecular weight excluding hydrogens is 306 g/mol. The van der Waals surface area contributed by atoms with E-state index in [1.165, 1.54) is 0 Å². The highest BCUT2D eigenvalue weighted by Crippen LogP contribution is 2.22. The molecule has 3 rings (SSSR count). The minimum Gasteiger partial charge on any atom is -0.490 e. The monoisotopic (exact) mass is 329 g/mol. The van der Waals surface area contributed by atoms with Gasteiger partial charge in [-0.3, -0.25) is 9.59 Å². The zero-order valence-electron chi connectivity index (χ0n) is 13.8. The summed E-state index contributed by atoms with van der Waals surface area (Å²) in [5, 5.41) is 1.51. The van der Waals surface area contributed by atoms with Crippen molar-refractivity contribution in [2.24, 2.45) is 5.73 Å². The number of aromatic nitrogens is 1. The maximum absolute atomic E-state index is 12.1. The Morgan fingerprint density at radius 1 is 1.38 bits per heavy atom. The largest absolute Gasteiger partial charge is 0.490 e. The highest BCUT2D eigenvalue weighted by molar-refractivity contribution is 5.83. The number of likely N-dealkylation sites (tertiary alicyclic amines) is 1. The standard InChI is InChI=1S/C18H23N3O3/c1-2-16(19)18(23)21-9-6-13(7-10-21)24-14-3-4-15-12(11-14)5-8-20-17(15)22/h3-5,8,11,13,16H,2,6-7,9-10,19H2,1H3,(H,20,22)/t16-/m0/s1. The first-order valence-corrected chi connectivity index (χ1v) is 8.41. The van der Waals surface area contributed by atoms with Crippen LogP contribution in [0.3, 0.4) is 0 Å². The number of fused-ring (bicyclic) bond motifs is 1. The molecule has 1 saturated heterocycles. The van der Waals surface area contributed by atoms with E-state index in [0.717, 1.165) is 24.0 Å². The van der Waals surface area contributed by atoms with Crippen molar-refractivity contribution in [3.63, 3.8) is 0 Å². The Morgan fingerprint density at radius 2 is 2.12 bits per heavy atom. The van der Waals surface area contributed by atoms with E-state index in [9.17, 15) is 9.59 Å². The Kier molecular flexibility index (Phi) is 4.85. The lowest BCUT2D eigenvalue weighted by Crippen LogP contribution is -2.48. The molecule has 1 aromatic heterocycles. The third-order valence-corrected chi connectivity index (χ3v) is 4.56. The average Bonchev–Trinajstić information content (AvgIpc) is 2.61. The van der Waals surface area contributed by atoms with E-state index in [0.29, 0.717) is 24.9 Å². The topological polar surface area (TPSA) is 88.4 Å². The number of piperidine rings is 1. The number of amides is 1. The number of nitrogens with zero attached hydrogens (tertiary/aromatic N) is 1. The Labute approximate surface area is 140 Å². The van der Waals surface area contributed by atoms with E-state index in [4.69, 9.17) is 10.5 Å². The second-order valence-corrected chi connectivity index (χ2v) is 6.21. The molecule has 1 aliphatic rings. The Balaban J connectivity index is 1.62. The van der Waals surface area contributed by atoms with Gasteiger partial charge in [0.15, 0.2) is 0 Å². The highest BCUT2D eigenvalue weighted by atomic mass is 16.5. The number of carbonyl (C=O) groups is 1. The molecule has 1 atom stereocenters. The van der Waals surface area contributed by atoms with Crippen molar-refractivity contribution in [1.29, 1.82) is 0 Å². The van der Waals surface area contributed by atoms with Crippen molar-refractivity contribution in [3.05, 3.63) is 40.8 Å². The van der Waals surface area contributed by atoms with Crippen molar-refractivity contribution < 1.29 is 9.53 Å². The summed E-state index contributed by atoms with van der Waals surface area (Å²) in [6, 6.07) is 6.94. The van der Waals surface area contributed by atoms with Crippen LogP contribution in [-0.4, -0.2) is 41.0 Å². The molecule has 2 aromatic rings. The third kappa shape index (κ3) is 3.43. The van der Waals surface area contributed by atoms with Gasteiger partial charge in [0.1, 0.15) is 11.9 Å². The second-order valence-electron chi connectivity index (χ2n) is 6.21. The first-order chi connectivity index (χ1) is 11.6. The summed E-state index contributed by atoms with van der Waals surface area (Å²) >= 11 is 0. The first-order valence-electron chi connectivity index (χ1n) is 8.41. The molecule has 1 amide bonds. The number of H-pyrrole nitrogens is 1. The number of aromatic amines is 1. The summed E-state index contributed by atoms with van der Waals surface area (Å²) in [5.41, 5.74) is 5.72. The van der Waals surface area contributed by atoms with Gasteiger partial charge in [0.2, 0.25) is 5.91 Å². The van der Waals surface area contributed by atoms with Crippen LogP contribution in [0.25, 0.3) is 10.8 Å². The van der Waals surface area contributed by atoms with Crippen LogP contribution >= 0.6 is 0 Å². The van der Waals surface area contributed by atoms with E-state index < -0.39 is 6.04 Å². The predicted octanol–water partition coefficient (Wildman–Crippen LogP) is 1.64. The molecule has 0 unspecified atom stereocenters. The molecule has 0 saturated carbocycles. The van der Waals surface area contributed by atoms with Crippen molar-refractivity contribution in [2.45, 2.75) is 38.3 Å². The Bertz CT molecular complexity index is 778. The summed E-state index contributed by atoms with van der Waals surface area (Å²) in [4.78, 5) is 28.3. The number of ether oxygens (including phenoxy) is 1. The fourth-order valence-corrected chi connectivity index (χ4v) is 3.04. The molecule has 6 heteroatoms. The number of pyridine rings is 1. The lowest BCUT2D eigenvalue weighted by molar-refractivity contribution is -0.134. The summed E-state index contributed by atoms with van der Waals surface area (Å²) in [7, 11) is 0. The number of hydrogen-bond donors (Lipinski definition) is 2. The molecule has 1 aromatic carbocycles. The number of benzene rings is 1. The Hall–Kier alpha value is -2.34. The van der Waals surface area contributed by atoms with Crippen molar-refractivity contribution in [1.82, 2.24) is 9.88 Å². The van der Waals surface area contributed by atoms with Gasteiger partial charge >= 0.3 is 0 Å². The molecule has 0 bridgehead atoms. The molecule has 3 N–H and O–H groups in total. The molecule has 0 radical (unpaired) electrons. The van der Waals surface area contributed by atoms with Crippen LogP contribution in [0.4, 0.5) is 0 Å². The lowest BCUT2D eigenvalue weighted by atomic mass is 10.1. The SMILES string of the molecule is CC[C@H](N)C(=O)N1CCC(Oc2ccc3c(=O)[nH]ccc3c2)CC1. The van der Waals surface area contributed by atoms with E-state index in [1.54, 1.807) is 12.3 Å². The van der Waals surface area contributed by atoms with E-state index in [-0.39, 0.29) is 17.6 Å². The lowest BCUT2D eigenvalue weighted by Gasteiger charge is -2.33. The first kappa shape index (κ1) is 16.5. The molecule has 128 valence electrons. The normalized spacial score (nSPS) is 17.0. The highest BCUT2D eigenvalue weighted by Gasteiger charge is 2.26. The van der Waals surface area contributed by atoms with Crippen LogP contribution in [0.15, 0.2) is 35.3 Å². The smallest absolute Gasteiger partial charge is 0.255 e. The zero-order chi connectivity index (χ0) is 17.1. The predicted molar refractivity (Wildman–Crippen MR) is 93.1 cm³/mol. The van der Waals surface area contributed by atoms with E-state index in [2.05, 4.69) is 4.98 Å². The summed E-state index contributed by atoms with van der Waals surface area (Å²) in [6.45, 7) is 3.26. The molecule has 2 heterocycles. The van der Waals surface area contributed by atoms with Crippen LogP contribution < -0.4 is 16.0 Å². The number of nitrogens with two attached hydrogens (primary N) is 1. The van der Waals surface area contributed by atoms with Gasteiger partial charge in [-0.1, -0.05) is 6.92 Å². The fraction of sp³-hybridized carbons (Fsp3) is 0.444. The van der Waals surface area contributed by atoms with E-state index in [1.807, 2.05) is 30.0 Å². The second kappa shape index (κ2) is 7.05. The zero-order valence-corrected chi connectivity index (χ0v) is 13.8. The van der Waals surface area contributed by atoms with Crippen molar-refractivity contribution >= 4 is 16.7 Å². The quantitative estimate of drug-likeness (QED) is 0.892. The van der Waals surface area contributed by atoms with Gasteiger partial charge in [-0.05, 0) is 36.1 Å². The number of hydrogen-bond acceptors (Lipinski definition) is 4. The maximum atomic E-state index is 12.1. The van der Waals surface area contributed by atoms with Gasteiger partial charge in [0.25, 0.3) is 5.56 Å². The summed E-state index contributed by atoms with van der Waals surface area (Å²) < 4.78 is 6.04. The molecule has 24 heavy (non-hydrogen) atoms. The summed E-state index contributed by atoms with van der Waals surface area (Å²) in [5.74, 6) is 0.781. The number of carbonyl (C=O) groups excluding carboxylic acids is 1. The Morgan fingerprint density at radius 3 is 2.83 bits per heavy atom. The van der Waals surface area contributed by atoms with Crippen molar-refractivity contribution in [3.8, 4) is 5.75 Å². The number of nitrogens with one attached hydrogen (secondary N) is 1. The van der Waals surface area contributed by atoms with Crippen LogP contribution in [0.2, 0.25) is 0 Å². The van der Waals surface area contributed by atoms with Crippen LogP contribution in [0, 0.1) is 0 Å². The third-order valence-electron chi connectivity index (χ3n) is 4.56. The maximum Gasteiger partial charge on any atom is 0.255 e. The molecule has 0 spiro atoms. The number of rotatable bonds is 4. The van der Waals surface area contributed by atoms with Crippen LogP contribution in [0.1, 0.15) is 26.2 Å². The van der Waals surface area contributed by atoms with Gasteiger partial charge in [0.05, 0.1) is 6.04 Å². The molecule has 6 nitrogen and oxygen atoms in total. The molecule has 1 aliphatic heterocycles. The molecule has 1 fully saturated rings. The molecule has 0 aliphatic carbocycles. The molecular formula is C18H23N3O3. The van der Waals surface area contributed by atoms with E-state index >= 15 is 0 Å².